The van der Waals surface area contributed by atoms with Gasteiger partial charge in [0.2, 0.25) is 0 Å². The van der Waals surface area contributed by atoms with E-state index in [1.54, 1.807) is 31.2 Å². The fraction of sp³-hybridized carbons (Fsp3) is 0.304. The van der Waals surface area contributed by atoms with Crippen LogP contribution in [-0.2, 0) is 6.54 Å². The Bertz CT molecular complexity index is 938. The molecule has 1 aliphatic heterocycles. The molecule has 1 N–H and O–H groups in total. The first kappa shape index (κ1) is 21.9. The fourth-order valence-corrected chi connectivity index (χ4v) is 3.51. The molecule has 0 aliphatic carbocycles. The van der Waals surface area contributed by atoms with Crippen LogP contribution in [0.5, 0.6) is 0 Å². The quantitative estimate of drug-likeness (QED) is 0.533. The molecule has 2 nitrogen and oxygen atoms in total. The lowest BCUT2D eigenvalue weighted by atomic mass is 9.96. The highest BCUT2D eigenvalue weighted by Gasteiger charge is 2.37. The van der Waals surface area contributed by atoms with E-state index in [1.165, 1.54) is 24.3 Å². The first-order chi connectivity index (χ1) is 14.2. The smallest absolute Gasteiger partial charge is 0.381 e. The average Bonchev–Trinajstić information content (AvgIpc) is 2.72. The molecule has 1 heterocycles. The Kier molecular flexibility index (Phi) is 6.48. The van der Waals surface area contributed by atoms with E-state index in [2.05, 4.69) is 5.32 Å². The number of anilines is 1. The molecule has 1 aliphatic rings. The number of hydrogen-bond acceptors (Lipinski definition) is 2. The van der Waals surface area contributed by atoms with E-state index >= 15 is 0 Å². The number of alkyl halides is 3. The van der Waals surface area contributed by atoms with E-state index in [9.17, 15) is 22.0 Å². The van der Waals surface area contributed by atoms with E-state index in [-0.39, 0.29) is 18.7 Å². The summed E-state index contributed by atoms with van der Waals surface area (Å²) in [5.41, 5.74) is 1.49. The predicted molar refractivity (Wildman–Crippen MR) is 109 cm³/mol. The highest BCUT2D eigenvalue weighted by molar-refractivity contribution is 5.71. The molecular formula is C23H23F5N2. The maximum absolute atomic E-state index is 13.7. The van der Waals surface area contributed by atoms with E-state index < -0.39 is 23.4 Å². The SMILES string of the molecule is CCC1=C(C(F)(F)F)C=C(c2ccc(NCc3c(F)cccc3F)cc2)N(CC)C1. The van der Waals surface area contributed by atoms with Crippen molar-refractivity contribution >= 4 is 11.4 Å². The third-order valence-electron chi connectivity index (χ3n) is 5.21. The van der Waals surface area contributed by atoms with Gasteiger partial charge >= 0.3 is 6.18 Å². The molecule has 160 valence electrons. The Hall–Kier alpha value is -2.83. The number of halogens is 5. The normalized spacial score (nSPS) is 14.8. The summed E-state index contributed by atoms with van der Waals surface area (Å²) in [5, 5.41) is 2.94. The summed E-state index contributed by atoms with van der Waals surface area (Å²) in [6.45, 7) is 4.40. The first-order valence-corrected chi connectivity index (χ1v) is 9.77. The van der Waals surface area contributed by atoms with Gasteiger partial charge in [0.25, 0.3) is 0 Å². The van der Waals surface area contributed by atoms with Crippen LogP contribution in [0.2, 0.25) is 0 Å². The molecule has 0 saturated carbocycles. The summed E-state index contributed by atoms with van der Waals surface area (Å²) in [6.07, 6.45) is -2.85. The van der Waals surface area contributed by atoms with Crippen molar-refractivity contribution in [3.05, 3.63) is 82.4 Å². The molecule has 0 saturated heterocycles. The summed E-state index contributed by atoms with van der Waals surface area (Å²) in [7, 11) is 0. The lowest BCUT2D eigenvalue weighted by Gasteiger charge is -2.33. The highest BCUT2D eigenvalue weighted by atomic mass is 19.4. The second-order valence-electron chi connectivity index (χ2n) is 7.04. The van der Waals surface area contributed by atoms with Gasteiger partial charge in [0, 0.05) is 36.6 Å². The van der Waals surface area contributed by atoms with Crippen LogP contribution in [0.4, 0.5) is 27.6 Å². The summed E-state index contributed by atoms with van der Waals surface area (Å²) in [5.74, 6) is -1.27. The Balaban J connectivity index is 1.83. The third kappa shape index (κ3) is 4.66. The maximum atomic E-state index is 13.7. The Morgan fingerprint density at radius 2 is 1.60 bits per heavy atom. The average molecular weight is 422 g/mol. The fourth-order valence-electron chi connectivity index (χ4n) is 3.51. The minimum absolute atomic E-state index is 0.0392. The van der Waals surface area contributed by atoms with Gasteiger partial charge in [-0.15, -0.1) is 0 Å². The minimum atomic E-state index is -4.40. The molecule has 0 amide bonds. The van der Waals surface area contributed by atoms with Crippen molar-refractivity contribution in [3.63, 3.8) is 0 Å². The number of rotatable bonds is 6. The van der Waals surface area contributed by atoms with Gasteiger partial charge in [-0.2, -0.15) is 13.2 Å². The van der Waals surface area contributed by atoms with Crippen molar-refractivity contribution in [2.75, 3.05) is 18.4 Å². The van der Waals surface area contributed by atoms with Crippen LogP contribution in [0.15, 0.2) is 59.7 Å². The van der Waals surface area contributed by atoms with Crippen molar-refractivity contribution < 1.29 is 22.0 Å². The topological polar surface area (TPSA) is 15.3 Å². The molecule has 0 spiro atoms. The van der Waals surface area contributed by atoms with Gasteiger partial charge in [0.1, 0.15) is 11.6 Å². The summed E-state index contributed by atoms with van der Waals surface area (Å²) >= 11 is 0. The number of nitrogens with one attached hydrogen (secondary N) is 1. The zero-order valence-corrected chi connectivity index (χ0v) is 16.8. The lowest BCUT2D eigenvalue weighted by Crippen LogP contribution is -2.30. The molecule has 2 aromatic rings. The van der Waals surface area contributed by atoms with Crippen LogP contribution in [0.25, 0.3) is 5.70 Å². The van der Waals surface area contributed by atoms with Gasteiger partial charge in [-0.1, -0.05) is 25.1 Å². The zero-order valence-electron chi connectivity index (χ0n) is 16.8. The molecule has 30 heavy (non-hydrogen) atoms. The van der Waals surface area contributed by atoms with Gasteiger partial charge in [-0.25, -0.2) is 8.78 Å². The Labute approximate surface area is 172 Å². The lowest BCUT2D eigenvalue weighted by molar-refractivity contribution is -0.0896. The number of nitrogens with zero attached hydrogens (tertiary/aromatic N) is 1. The van der Waals surface area contributed by atoms with Crippen molar-refractivity contribution in [1.29, 1.82) is 0 Å². The van der Waals surface area contributed by atoms with Gasteiger partial charge in [-0.3, -0.25) is 0 Å². The Morgan fingerprint density at radius 1 is 0.967 bits per heavy atom. The van der Waals surface area contributed by atoms with E-state index in [4.69, 9.17) is 0 Å². The first-order valence-electron chi connectivity index (χ1n) is 9.77. The van der Waals surface area contributed by atoms with E-state index in [1.807, 2.05) is 11.8 Å². The minimum Gasteiger partial charge on any atom is -0.381 e. The number of benzene rings is 2. The molecule has 2 aromatic carbocycles. The predicted octanol–water partition coefficient (Wildman–Crippen LogP) is 6.52. The van der Waals surface area contributed by atoms with Gasteiger partial charge in [0.15, 0.2) is 0 Å². The molecule has 3 rings (SSSR count). The molecule has 0 radical (unpaired) electrons. The third-order valence-corrected chi connectivity index (χ3v) is 5.21. The van der Waals surface area contributed by atoms with Crippen LogP contribution in [0.3, 0.4) is 0 Å². The number of likely N-dealkylation sites (N-methyl/N-ethyl adjacent to an activating group) is 1. The molecule has 0 atom stereocenters. The molecule has 0 aromatic heterocycles. The zero-order chi connectivity index (χ0) is 21.9. The highest BCUT2D eigenvalue weighted by Crippen LogP contribution is 2.38. The van der Waals surface area contributed by atoms with Crippen LogP contribution < -0.4 is 5.32 Å². The van der Waals surface area contributed by atoms with Crippen molar-refractivity contribution in [1.82, 2.24) is 4.90 Å². The number of hydrogen-bond donors (Lipinski definition) is 1. The molecule has 7 heteroatoms. The summed E-state index contributed by atoms with van der Waals surface area (Å²) in [4.78, 5) is 1.91. The maximum Gasteiger partial charge on any atom is 0.416 e. The molecular weight excluding hydrogens is 399 g/mol. The van der Waals surface area contributed by atoms with Crippen LogP contribution in [-0.4, -0.2) is 24.2 Å². The molecule has 0 unspecified atom stereocenters. The molecule has 0 fully saturated rings. The van der Waals surface area contributed by atoms with Crippen molar-refractivity contribution in [2.45, 2.75) is 33.0 Å². The van der Waals surface area contributed by atoms with Gasteiger partial charge in [0.05, 0.1) is 5.57 Å². The van der Waals surface area contributed by atoms with Crippen LogP contribution in [0, 0.1) is 11.6 Å². The van der Waals surface area contributed by atoms with Crippen molar-refractivity contribution in [3.8, 4) is 0 Å². The summed E-state index contributed by atoms with van der Waals surface area (Å²) in [6, 6.07) is 10.5. The van der Waals surface area contributed by atoms with Crippen LogP contribution in [0.1, 0.15) is 31.4 Å². The second kappa shape index (κ2) is 8.90. The monoisotopic (exact) mass is 422 g/mol. The van der Waals surface area contributed by atoms with Gasteiger partial charge in [-0.05, 0) is 54.8 Å². The molecule has 0 bridgehead atoms. The van der Waals surface area contributed by atoms with Crippen molar-refractivity contribution in [2.24, 2.45) is 0 Å². The van der Waals surface area contributed by atoms with E-state index in [0.717, 1.165) is 0 Å². The summed E-state index contributed by atoms with van der Waals surface area (Å²) < 4.78 is 68.0. The standard InChI is InChI=1S/C23H23F5N2/c1-3-15-14-30(4-2)22(12-19(15)23(26,27)28)16-8-10-17(11-9-16)29-13-18-20(24)6-5-7-21(18)25/h5-12,29H,3-4,13-14H2,1-2H3. The van der Waals surface area contributed by atoms with Gasteiger partial charge < -0.3 is 10.2 Å². The number of allylic oxidation sites excluding steroid dienone is 2. The Morgan fingerprint density at radius 3 is 2.13 bits per heavy atom. The van der Waals surface area contributed by atoms with Crippen LogP contribution >= 0.6 is 0 Å². The largest absolute Gasteiger partial charge is 0.416 e. The second-order valence-corrected chi connectivity index (χ2v) is 7.04. The van der Waals surface area contributed by atoms with E-state index in [0.29, 0.717) is 35.5 Å².